The Morgan fingerprint density at radius 2 is 1.68 bits per heavy atom. The van der Waals surface area contributed by atoms with Crippen molar-refractivity contribution in [2.45, 2.75) is 33.7 Å². The van der Waals surface area contributed by atoms with Gasteiger partial charge in [-0.15, -0.1) is 0 Å². The average Bonchev–Trinajstić information content (AvgIpc) is 3.27. The summed E-state index contributed by atoms with van der Waals surface area (Å²) in [5, 5.41) is 21.6. The molecule has 1 saturated heterocycles. The number of rotatable bonds is 3. The number of phenolic OH excluding ortho intramolecular Hbond substituents is 1. The van der Waals surface area contributed by atoms with Crippen LogP contribution >= 0.6 is 0 Å². The van der Waals surface area contributed by atoms with Gasteiger partial charge in [0.2, 0.25) is 0 Å². The van der Waals surface area contributed by atoms with E-state index in [4.69, 9.17) is 4.42 Å². The van der Waals surface area contributed by atoms with Gasteiger partial charge in [-0.05, 0) is 74.7 Å². The summed E-state index contributed by atoms with van der Waals surface area (Å²) in [5.74, 6) is -1.19. The molecule has 6 nitrogen and oxygen atoms in total. The predicted octanol–water partition coefficient (Wildman–Crippen LogP) is 4.85. The van der Waals surface area contributed by atoms with E-state index in [-0.39, 0.29) is 22.8 Å². The topological polar surface area (TPSA) is 91.0 Å². The van der Waals surface area contributed by atoms with E-state index in [9.17, 15) is 19.8 Å². The Hall–Kier alpha value is -3.80. The van der Waals surface area contributed by atoms with Crippen molar-refractivity contribution in [1.82, 2.24) is 0 Å². The van der Waals surface area contributed by atoms with E-state index in [0.717, 1.165) is 16.7 Å². The van der Waals surface area contributed by atoms with Crippen LogP contribution in [0.3, 0.4) is 0 Å². The van der Waals surface area contributed by atoms with Crippen LogP contribution < -0.4 is 4.90 Å². The summed E-state index contributed by atoms with van der Waals surface area (Å²) in [7, 11) is 0. The molecule has 2 heterocycles. The number of benzene rings is 2. The van der Waals surface area contributed by atoms with Crippen molar-refractivity contribution in [2.24, 2.45) is 0 Å². The number of carbonyl (C=O) groups is 2. The van der Waals surface area contributed by atoms with Gasteiger partial charge < -0.3 is 14.6 Å². The van der Waals surface area contributed by atoms with Crippen LogP contribution in [-0.4, -0.2) is 21.9 Å². The molecule has 1 fully saturated rings. The van der Waals surface area contributed by atoms with Crippen molar-refractivity contribution in [3.05, 3.63) is 87.9 Å². The lowest BCUT2D eigenvalue weighted by Gasteiger charge is -2.24. The second kappa shape index (κ2) is 7.47. The molecule has 3 aromatic rings. The third kappa shape index (κ3) is 3.40. The molecule has 0 aliphatic carbocycles. The fraction of sp³-hybridized carbons (Fsp3) is 0.200. The fourth-order valence-corrected chi connectivity index (χ4v) is 3.82. The molecule has 158 valence electrons. The van der Waals surface area contributed by atoms with Crippen molar-refractivity contribution < 1.29 is 24.2 Å². The molecule has 4 rings (SSSR count). The zero-order valence-electron chi connectivity index (χ0n) is 17.8. The van der Waals surface area contributed by atoms with Crippen LogP contribution in [0.1, 0.15) is 39.8 Å². The highest BCUT2D eigenvalue weighted by atomic mass is 16.3. The van der Waals surface area contributed by atoms with Crippen molar-refractivity contribution in [1.29, 1.82) is 0 Å². The van der Waals surface area contributed by atoms with Gasteiger partial charge >= 0.3 is 0 Å². The zero-order valence-corrected chi connectivity index (χ0v) is 17.8. The second-order valence-electron chi connectivity index (χ2n) is 7.91. The Morgan fingerprint density at radius 1 is 0.935 bits per heavy atom. The Morgan fingerprint density at radius 3 is 2.32 bits per heavy atom. The summed E-state index contributed by atoms with van der Waals surface area (Å²) in [5.41, 5.74) is 3.32. The maximum atomic E-state index is 13.1. The number of hydrogen-bond acceptors (Lipinski definition) is 5. The molecule has 1 aromatic heterocycles. The molecule has 0 radical (unpaired) electrons. The number of phenols is 1. The van der Waals surface area contributed by atoms with E-state index in [1.807, 2.05) is 26.8 Å². The number of anilines is 1. The third-order valence-electron chi connectivity index (χ3n) is 5.65. The van der Waals surface area contributed by atoms with Gasteiger partial charge in [-0.2, -0.15) is 0 Å². The van der Waals surface area contributed by atoms with Crippen LogP contribution in [0, 0.1) is 27.7 Å². The van der Waals surface area contributed by atoms with Crippen LogP contribution in [0.15, 0.2) is 58.5 Å². The van der Waals surface area contributed by atoms with Crippen molar-refractivity contribution in [3.63, 3.8) is 0 Å². The smallest absolute Gasteiger partial charge is 0.300 e. The number of ketones is 1. The second-order valence-corrected chi connectivity index (χ2v) is 7.91. The number of aliphatic hydroxyl groups excluding tert-OH is 1. The van der Waals surface area contributed by atoms with E-state index in [1.165, 1.54) is 11.0 Å². The van der Waals surface area contributed by atoms with Gasteiger partial charge in [0.1, 0.15) is 29.1 Å². The standard InChI is InChI=1S/C25H23NO5/c1-13-5-9-19(27)18(11-13)26-22(20-10-7-16(4)31-20)21(24(29)25(26)30)23(28)17-8-6-14(2)15(3)12-17/h5-12,22,27-28H,1-4H3/b23-21-. The minimum atomic E-state index is -1.01. The number of aromatic hydroxyl groups is 1. The van der Waals surface area contributed by atoms with E-state index < -0.39 is 17.7 Å². The summed E-state index contributed by atoms with van der Waals surface area (Å²) < 4.78 is 5.77. The minimum Gasteiger partial charge on any atom is -0.507 e. The van der Waals surface area contributed by atoms with Crippen molar-refractivity contribution >= 4 is 23.1 Å². The first-order valence-electron chi connectivity index (χ1n) is 9.93. The number of carbonyl (C=O) groups excluding carboxylic acids is 2. The molecular weight excluding hydrogens is 394 g/mol. The molecule has 1 aliphatic heterocycles. The van der Waals surface area contributed by atoms with E-state index in [0.29, 0.717) is 17.1 Å². The van der Waals surface area contributed by atoms with E-state index in [2.05, 4.69) is 0 Å². The summed E-state index contributed by atoms with van der Waals surface area (Å²) in [6.45, 7) is 7.43. The van der Waals surface area contributed by atoms with Gasteiger partial charge in [-0.3, -0.25) is 14.5 Å². The van der Waals surface area contributed by atoms with Gasteiger partial charge in [0, 0.05) is 5.56 Å². The summed E-state index contributed by atoms with van der Waals surface area (Å²) in [4.78, 5) is 27.4. The molecule has 2 aromatic carbocycles. The lowest BCUT2D eigenvalue weighted by atomic mass is 9.97. The van der Waals surface area contributed by atoms with Crippen molar-refractivity contribution in [3.8, 4) is 5.75 Å². The first-order valence-corrected chi connectivity index (χ1v) is 9.93. The number of nitrogens with zero attached hydrogens (tertiary/aromatic N) is 1. The molecule has 0 bridgehead atoms. The molecule has 2 N–H and O–H groups in total. The molecule has 1 unspecified atom stereocenters. The Bertz CT molecular complexity index is 1250. The Labute approximate surface area is 180 Å². The van der Waals surface area contributed by atoms with E-state index in [1.54, 1.807) is 43.3 Å². The highest BCUT2D eigenvalue weighted by molar-refractivity contribution is 6.51. The molecule has 6 heteroatoms. The lowest BCUT2D eigenvalue weighted by Crippen LogP contribution is -2.29. The van der Waals surface area contributed by atoms with Crippen molar-refractivity contribution in [2.75, 3.05) is 4.90 Å². The molecule has 1 amide bonds. The first kappa shape index (κ1) is 20.5. The highest BCUT2D eigenvalue weighted by Crippen LogP contribution is 2.45. The van der Waals surface area contributed by atoms with Gasteiger partial charge in [-0.25, -0.2) is 0 Å². The average molecular weight is 417 g/mol. The molecule has 0 saturated carbocycles. The number of aryl methyl sites for hydroxylation is 4. The van der Waals surface area contributed by atoms with Crippen LogP contribution in [0.25, 0.3) is 5.76 Å². The van der Waals surface area contributed by atoms with Gasteiger partial charge in [0.25, 0.3) is 11.7 Å². The normalized spacial score (nSPS) is 18.1. The summed E-state index contributed by atoms with van der Waals surface area (Å²) in [6.07, 6.45) is 0. The first-order chi connectivity index (χ1) is 14.7. The molecular formula is C25H23NO5. The van der Waals surface area contributed by atoms with Crippen LogP contribution in [0.4, 0.5) is 5.69 Å². The Kier molecular flexibility index (Phi) is 4.93. The lowest BCUT2D eigenvalue weighted by molar-refractivity contribution is -0.132. The maximum Gasteiger partial charge on any atom is 0.300 e. The van der Waals surface area contributed by atoms with Crippen LogP contribution in [0.2, 0.25) is 0 Å². The largest absolute Gasteiger partial charge is 0.507 e. The monoisotopic (exact) mass is 417 g/mol. The van der Waals surface area contributed by atoms with Gasteiger partial charge in [0.15, 0.2) is 0 Å². The van der Waals surface area contributed by atoms with Gasteiger partial charge in [-0.1, -0.05) is 18.2 Å². The third-order valence-corrected chi connectivity index (χ3v) is 5.65. The van der Waals surface area contributed by atoms with Gasteiger partial charge in [0.05, 0.1) is 11.3 Å². The zero-order chi connectivity index (χ0) is 22.4. The highest BCUT2D eigenvalue weighted by Gasteiger charge is 2.49. The number of Topliss-reactive ketones (excluding diaryl/α,β-unsaturated/α-hetero) is 1. The Balaban J connectivity index is 1.98. The molecule has 1 aliphatic rings. The molecule has 0 spiro atoms. The number of aliphatic hydroxyl groups is 1. The number of hydrogen-bond donors (Lipinski definition) is 2. The quantitative estimate of drug-likeness (QED) is 0.361. The SMILES string of the molecule is Cc1ccc(O)c(N2C(=O)C(=O)/C(=C(\O)c3ccc(C)c(C)c3)C2c2ccc(C)o2)c1. The summed E-state index contributed by atoms with van der Waals surface area (Å²) >= 11 is 0. The molecule has 1 atom stereocenters. The molecule has 31 heavy (non-hydrogen) atoms. The summed E-state index contributed by atoms with van der Waals surface area (Å²) in [6, 6.07) is 12.5. The van der Waals surface area contributed by atoms with Crippen LogP contribution in [-0.2, 0) is 9.59 Å². The number of amides is 1. The maximum absolute atomic E-state index is 13.1. The number of furan rings is 1. The van der Waals surface area contributed by atoms with E-state index >= 15 is 0 Å². The fourth-order valence-electron chi connectivity index (χ4n) is 3.82. The predicted molar refractivity (Wildman–Crippen MR) is 117 cm³/mol. The van der Waals surface area contributed by atoms with Crippen LogP contribution in [0.5, 0.6) is 5.75 Å². The minimum absolute atomic E-state index is 0.0801.